The summed E-state index contributed by atoms with van der Waals surface area (Å²) in [5.41, 5.74) is 1.83. The van der Waals surface area contributed by atoms with Gasteiger partial charge in [0.2, 0.25) is 0 Å². The second-order valence-electron chi connectivity index (χ2n) is 7.46. The molecule has 1 aliphatic carbocycles. The molecule has 2 unspecified atom stereocenters. The summed E-state index contributed by atoms with van der Waals surface area (Å²) in [7, 11) is 0. The van der Waals surface area contributed by atoms with Crippen molar-refractivity contribution in [1.29, 1.82) is 0 Å². The second-order valence-corrected chi connectivity index (χ2v) is 8.65. The highest BCUT2D eigenvalue weighted by Crippen LogP contribution is 2.36. The number of carboxylic acid groups (broad SMARTS) is 2. The maximum absolute atomic E-state index is 11.7. The second kappa shape index (κ2) is 9.48. The molecular formula is C21H25Cl2NO4. The summed E-state index contributed by atoms with van der Waals surface area (Å²) in [6.45, 7) is 3.77. The first-order valence-corrected chi connectivity index (χ1v) is 9.93. The van der Waals surface area contributed by atoms with Crippen LogP contribution in [0.5, 0.6) is 0 Å². The smallest absolute Gasteiger partial charge is 0.408 e. The van der Waals surface area contributed by atoms with Crippen molar-refractivity contribution in [3.05, 3.63) is 53.1 Å². The number of nitrogens with zero attached hydrogens (tertiary/aromatic N) is 1. The lowest BCUT2D eigenvalue weighted by Crippen LogP contribution is -2.47. The first-order chi connectivity index (χ1) is 13.1. The predicted molar refractivity (Wildman–Crippen MR) is 112 cm³/mol. The minimum absolute atomic E-state index is 0.0374. The fourth-order valence-corrected chi connectivity index (χ4v) is 3.77. The summed E-state index contributed by atoms with van der Waals surface area (Å²) < 4.78 is 0. The molecule has 1 aromatic carbocycles. The minimum Gasteiger partial charge on any atom is -0.480 e. The zero-order chi connectivity index (χ0) is 20.9. The SMILES string of the molecule is CC(C)CC(C(=O)O)N(CCC1(Cl)C=C(c2cccc(Cl)c2)C=CC1)C(=O)O. The van der Waals surface area contributed by atoms with Crippen LogP contribution in [0.25, 0.3) is 5.57 Å². The average molecular weight is 426 g/mol. The average Bonchev–Trinajstić information content (AvgIpc) is 2.60. The van der Waals surface area contributed by atoms with E-state index in [1.54, 1.807) is 6.07 Å². The molecule has 2 N–H and O–H groups in total. The number of alkyl halides is 1. The fourth-order valence-electron chi connectivity index (χ4n) is 3.29. The molecule has 7 heteroatoms. The van der Waals surface area contributed by atoms with Gasteiger partial charge in [0.25, 0.3) is 0 Å². The van der Waals surface area contributed by atoms with Crippen molar-refractivity contribution < 1.29 is 19.8 Å². The summed E-state index contributed by atoms with van der Waals surface area (Å²) in [6.07, 6.45) is 5.64. The number of carboxylic acids is 1. The maximum Gasteiger partial charge on any atom is 0.408 e. The highest BCUT2D eigenvalue weighted by Gasteiger charge is 2.33. The largest absolute Gasteiger partial charge is 0.480 e. The molecule has 0 fully saturated rings. The molecule has 28 heavy (non-hydrogen) atoms. The maximum atomic E-state index is 11.7. The number of halogens is 2. The van der Waals surface area contributed by atoms with E-state index in [9.17, 15) is 19.8 Å². The van der Waals surface area contributed by atoms with Gasteiger partial charge in [0.15, 0.2) is 0 Å². The van der Waals surface area contributed by atoms with Gasteiger partial charge in [-0.15, -0.1) is 11.6 Å². The Morgan fingerprint density at radius 1 is 1.29 bits per heavy atom. The highest BCUT2D eigenvalue weighted by molar-refractivity contribution is 6.30. The Labute approximate surface area is 175 Å². The van der Waals surface area contributed by atoms with Gasteiger partial charge >= 0.3 is 12.1 Å². The van der Waals surface area contributed by atoms with E-state index in [2.05, 4.69) is 0 Å². The van der Waals surface area contributed by atoms with Crippen LogP contribution in [0.2, 0.25) is 5.02 Å². The van der Waals surface area contributed by atoms with Gasteiger partial charge in [-0.2, -0.15) is 0 Å². The van der Waals surface area contributed by atoms with Crippen LogP contribution in [0.3, 0.4) is 0 Å². The molecule has 0 spiro atoms. The number of allylic oxidation sites excluding steroid dienone is 4. The lowest BCUT2D eigenvalue weighted by molar-refractivity contribution is -0.143. The van der Waals surface area contributed by atoms with Crippen molar-refractivity contribution in [1.82, 2.24) is 4.90 Å². The van der Waals surface area contributed by atoms with Crippen molar-refractivity contribution in [2.75, 3.05) is 6.54 Å². The lowest BCUT2D eigenvalue weighted by Gasteiger charge is -2.32. The fraction of sp³-hybridized carbons (Fsp3) is 0.429. The summed E-state index contributed by atoms with van der Waals surface area (Å²) in [6, 6.07) is 6.32. The summed E-state index contributed by atoms with van der Waals surface area (Å²) >= 11 is 12.8. The van der Waals surface area contributed by atoms with Crippen molar-refractivity contribution >= 4 is 40.8 Å². The van der Waals surface area contributed by atoms with E-state index in [0.29, 0.717) is 17.9 Å². The van der Waals surface area contributed by atoms with Crippen LogP contribution in [0.4, 0.5) is 4.79 Å². The molecule has 2 rings (SSSR count). The van der Waals surface area contributed by atoms with Gasteiger partial charge in [0.1, 0.15) is 6.04 Å². The van der Waals surface area contributed by atoms with Crippen molar-refractivity contribution in [2.45, 2.75) is 44.0 Å². The van der Waals surface area contributed by atoms with Crippen LogP contribution in [-0.4, -0.2) is 44.6 Å². The first-order valence-electron chi connectivity index (χ1n) is 9.18. The van der Waals surface area contributed by atoms with Crippen molar-refractivity contribution in [3.63, 3.8) is 0 Å². The normalized spacial score (nSPS) is 20.0. The predicted octanol–water partition coefficient (Wildman–Crippen LogP) is 5.53. The molecule has 0 aromatic heterocycles. The lowest BCUT2D eigenvalue weighted by atomic mass is 9.89. The molecule has 5 nitrogen and oxygen atoms in total. The molecule has 0 aliphatic heterocycles. The van der Waals surface area contributed by atoms with Gasteiger partial charge < -0.3 is 10.2 Å². The molecule has 0 saturated carbocycles. The molecule has 152 valence electrons. The van der Waals surface area contributed by atoms with Gasteiger partial charge in [-0.25, -0.2) is 9.59 Å². The highest BCUT2D eigenvalue weighted by atomic mass is 35.5. The number of carbonyl (C=O) groups is 2. The molecule has 1 amide bonds. The van der Waals surface area contributed by atoms with Crippen LogP contribution >= 0.6 is 23.2 Å². The Bertz CT molecular complexity index is 790. The summed E-state index contributed by atoms with van der Waals surface area (Å²) in [5.74, 6) is -1.08. The third-order valence-electron chi connectivity index (χ3n) is 4.70. The van der Waals surface area contributed by atoms with Crippen molar-refractivity contribution in [2.24, 2.45) is 5.92 Å². The zero-order valence-corrected chi connectivity index (χ0v) is 17.5. The number of rotatable bonds is 8. The molecule has 0 heterocycles. The molecule has 0 radical (unpaired) electrons. The standard InChI is InChI=1S/C21H25Cl2NO4/c1-14(2)11-18(19(25)26)24(20(27)28)10-9-21(23)8-4-6-16(13-21)15-5-3-7-17(22)12-15/h3-7,12-14,18H,8-11H2,1-2H3,(H,25,26)(H,27,28). The molecule has 1 aromatic rings. The van der Waals surface area contributed by atoms with E-state index >= 15 is 0 Å². The topological polar surface area (TPSA) is 77.8 Å². The van der Waals surface area contributed by atoms with E-state index in [4.69, 9.17) is 23.2 Å². The number of amides is 1. The van der Waals surface area contributed by atoms with Crippen LogP contribution in [0.1, 0.15) is 38.7 Å². The Hall–Kier alpha value is -1.98. The first kappa shape index (κ1) is 22.3. The van der Waals surface area contributed by atoms with E-state index in [-0.39, 0.29) is 18.9 Å². The van der Waals surface area contributed by atoms with Gasteiger partial charge in [-0.1, -0.05) is 55.8 Å². The van der Waals surface area contributed by atoms with Gasteiger partial charge in [-0.05, 0) is 48.4 Å². The summed E-state index contributed by atoms with van der Waals surface area (Å²) in [4.78, 5) is 23.5. The van der Waals surface area contributed by atoms with Gasteiger partial charge in [0.05, 0.1) is 4.87 Å². The van der Waals surface area contributed by atoms with E-state index in [1.165, 1.54) is 0 Å². The van der Waals surface area contributed by atoms with Gasteiger partial charge in [0, 0.05) is 11.6 Å². The Morgan fingerprint density at radius 3 is 2.57 bits per heavy atom. The monoisotopic (exact) mass is 425 g/mol. The molecule has 0 bridgehead atoms. The molecule has 2 atom stereocenters. The number of benzene rings is 1. The van der Waals surface area contributed by atoms with E-state index in [1.807, 2.05) is 50.3 Å². The van der Waals surface area contributed by atoms with Gasteiger partial charge in [-0.3, -0.25) is 4.90 Å². The minimum atomic E-state index is -1.25. The Kier molecular flexibility index (Phi) is 7.55. The van der Waals surface area contributed by atoms with Crippen LogP contribution < -0.4 is 0 Å². The van der Waals surface area contributed by atoms with E-state index in [0.717, 1.165) is 16.0 Å². The molecular weight excluding hydrogens is 401 g/mol. The Balaban J connectivity index is 2.18. The number of hydrogen-bond acceptors (Lipinski definition) is 2. The quantitative estimate of drug-likeness (QED) is 0.536. The summed E-state index contributed by atoms with van der Waals surface area (Å²) in [5, 5.41) is 19.7. The van der Waals surface area contributed by atoms with Crippen LogP contribution in [0, 0.1) is 5.92 Å². The zero-order valence-electron chi connectivity index (χ0n) is 15.9. The van der Waals surface area contributed by atoms with Crippen LogP contribution in [0.15, 0.2) is 42.5 Å². The van der Waals surface area contributed by atoms with Crippen LogP contribution in [-0.2, 0) is 4.79 Å². The van der Waals surface area contributed by atoms with Crippen molar-refractivity contribution in [3.8, 4) is 0 Å². The molecule has 1 aliphatic rings. The third-order valence-corrected chi connectivity index (χ3v) is 5.38. The Morgan fingerprint density at radius 2 is 2.00 bits per heavy atom. The number of aliphatic carboxylic acids is 1. The number of hydrogen-bond donors (Lipinski definition) is 2. The third kappa shape index (κ3) is 6.01. The van der Waals surface area contributed by atoms with E-state index < -0.39 is 23.0 Å². The molecule has 0 saturated heterocycles.